The van der Waals surface area contributed by atoms with Crippen LogP contribution >= 0.6 is 0 Å². The highest BCUT2D eigenvalue weighted by Crippen LogP contribution is 2.33. The van der Waals surface area contributed by atoms with Crippen LogP contribution in [0.2, 0.25) is 0 Å². The number of rotatable bonds is 5. The minimum Gasteiger partial charge on any atom is -0.490 e. The Labute approximate surface area is 164 Å². The van der Waals surface area contributed by atoms with E-state index < -0.39 is 16.0 Å². The topological polar surface area (TPSA) is 95.9 Å². The third kappa shape index (κ3) is 3.57. The Kier molecular flexibility index (Phi) is 4.99. The van der Waals surface area contributed by atoms with Crippen molar-refractivity contribution in [1.29, 1.82) is 0 Å². The monoisotopic (exact) mass is 402 g/mol. The lowest BCUT2D eigenvalue weighted by Gasteiger charge is -2.21. The Morgan fingerprint density at radius 2 is 2.07 bits per heavy atom. The molecule has 1 atom stereocenters. The lowest BCUT2D eigenvalue weighted by molar-refractivity contribution is 0.0695. The number of hydrogen-bond donors (Lipinski definition) is 2. The molecule has 0 radical (unpaired) electrons. The van der Waals surface area contributed by atoms with Gasteiger partial charge in [0.15, 0.2) is 0 Å². The summed E-state index contributed by atoms with van der Waals surface area (Å²) in [5.41, 5.74) is 1.72. The van der Waals surface area contributed by atoms with Gasteiger partial charge in [0.2, 0.25) is 10.0 Å². The molecule has 8 heteroatoms. The number of nitrogens with one attached hydrogen (secondary N) is 1. The molecule has 7 nitrogen and oxygen atoms in total. The first kappa shape index (κ1) is 18.8. The van der Waals surface area contributed by atoms with Crippen LogP contribution in [0.1, 0.15) is 22.3 Å². The molecule has 0 aromatic heterocycles. The van der Waals surface area contributed by atoms with Gasteiger partial charge in [-0.15, -0.1) is 0 Å². The maximum absolute atomic E-state index is 13.1. The molecular formula is C20H22N2O5S. The molecule has 0 bridgehead atoms. The smallest absolute Gasteiger partial charge is 0.335 e. The number of nitrogens with zero attached hydrogens (tertiary/aromatic N) is 1. The van der Waals surface area contributed by atoms with E-state index in [-0.39, 0.29) is 16.4 Å². The van der Waals surface area contributed by atoms with Crippen LogP contribution in [0.4, 0.5) is 5.69 Å². The molecule has 2 aliphatic rings. The SMILES string of the molecule is O=C(O)c1ccccc1CC1CCN(S(=O)(=O)c2ccc3c(c2)NCCO3)C1. The molecule has 0 aliphatic carbocycles. The first-order valence-electron chi connectivity index (χ1n) is 9.27. The van der Waals surface area contributed by atoms with Crippen LogP contribution in [0.15, 0.2) is 47.4 Å². The number of fused-ring (bicyclic) bond motifs is 1. The maximum Gasteiger partial charge on any atom is 0.335 e. The van der Waals surface area contributed by atoms with Gasteiger partial charge in [-0.2, -0.15) is 4.31 Å². The van der Waals surface area contributed by atoms with E-state index in [1.54, 1.807) is 36.4 Å². The highest BCUT2D eigenvalue weighted by molar-refractivity contribution is 7.89. The largest absolute Gasteiger partial charge is 0.490 e. The summed E-state index contributed by atoms with van der Waals surface area (Å²) in [5, 5.41) is 12.5. The second-order valence-electron chi connectivity index (χ2n) is 7.12. The van der Waals surface area contributed by atoms with E-state index >= 15 is 0 Å². The highest BCUT2D eigenvalue weighted by atomic mass is 32.2. The van der Waals surface area contributed by atoms with Crippen molar-refractivity contribution in [3.05, 3.63) is 53.6 Å². The summed E-state index contributed by atoms with van der Waals surface area (Å²) in [6.45, 7) is 2.02. The summed E-state index contributed by atoms with van der Waals surface area (Å²) in [6.07, 6.45) is 1.26. The number of sulfonamides is 1. The summed E-state index contributed by atoms with van der Waals surface area (Å²) >= 11 is 0. The molecule has 2 N–H and O–H groups in total. The third-order valence-electron chi connectivity index (χ3n) is 5.27. The van der Waals surface area contributed by atoms with Crippen molar-refractivity contribution in [2.45, 2.75) is 17.7 Å². The fourth-order valence-corrected chi connectivity index (χ4v) is 5.39. The number of hydrogen-bond acceptors (Lipinski definition) is 5. The van der Waals surface area contributed by atoms with E-state index in [0.29, 0.717) is 50.5 Å². The van der Waals surface area contributed by atoms with E-state index in [1.165, 1.54) is 4.31 Å². The van der Waals surface area contributed by atoms with Crippen molar-refractivity contribution < 1.29 is 23.1 Å². The maximum atomic E-state index is 13.1. The van der Waals surface area contributed by atoms with Gasteiger partial charge in [0.25, 0.3) is 0 Å². The zero-order chi connectivity index (χ0) is 19.7. The molecule has 2 aromatic carbocycles. The molecule has 0 amide bonds. The Bertz CT molecular complexity index is 1010. The van der Waals surface area contributed by atoms with Crippen LogP contribution in [0.25, 0.3) is 0 Å². The summed E-state index contributed by atoms with van der Waals surface area (Å²) in [4.78, 5) is 11.6. The molecule has 148 valence electrons. The fourth-order valence-electron chi connectivity index (χ4n) is 3.83. The van der Waals surface area contributed by atoms with Crippen molar-refractivity contribution in [1.82, 2.24) is 4.31 Å². The molecule has 28 heavy (non-hydrogen) atoms. The minimum atomic E-state index is -3.60. The van der Waals surface area contributed by atoms with Gasteiger partial charge in [0.05, 0.1) is 16.1 Å². The number of anilines is 1. The van der Waals surface area contributed by atoms with Crippen LogP contribution < -0.4 is 10.1 Å². The van der Waals surface area contributed by atoms with Gasteiger partial charge in [0.1, 0.15) is 12.4 Å². The Morgan fingerprint density at radius 3 is 2.89 bits per heavy atom. The van der Waals surface area contributed by atoms with Crippen molar-refractivity contribution in [3.8, 4) is 5.75 Å². The predicted molar refractivity (Wildman–Crippen MR) is 104 cm³/mol. The van der Waals surface area contributed by atoms with Crippen molar-refractivity contribution in [3.63, 3.8) is 0 Å². The summed E-state index contributed by atoms with van der Waals surface area (Å²) in [7, 11) is -3.60. The van der Waals surface area contributed by atoms with Gasteiger partial charge in [-0.25, -0.2) is 13.2 Å². The number of ether oxygens (including phenoxy) is 1. The predicted octanol–water partition coefficient (Wildman–Crippen LogP) is 2.44. The van der Waals surface area contributed by atoms with E-state index in [0.717, 1.165) is 5.56 Å². The Hall–Kier alpha value is -2.58. The molecule has 4 rings (SSSR count). The van der Waals surface area contributed by atoms with Crippen LogP contribution in [0.3, 0.4) is 0 Å². The summed E-state index contributed by atoms with van der Waals surface area (Å²) in [5.74, 6) is -0.203. The van der Waals surface area contributed by atoms with E-state index in [9.17, 15) is 18.3 Å². The summed E-state index contributed by atoms with van der Waals surface area (Å²) in [6, 6.07) is 11.8. The molecule has 1 saturated heterocycles. The first-order chi connectivity index (χ1) is 13.4. The van der Waals surface area contributed by atoms with Gasteiger partial charge in [-0.05, 0) is 48.6 Å². The molecule has 2 aromatic rings. The number of benzene rings is 2. The molecule has 1 unspecified atom stereocenters. The fraction of sp³-hybridized carbons (Fsp3) is 0.350. The highest BCUT2D eigenvalue weighted by Gasteiger charge is 2.33. The Balaban J connectivity index is 1.50. The molecule has 0 saturated carbocycles. The van der Waals surface area contributed by atoms with Crippen LogP contribution in [0.5, 0.6) is 5.75 Å². The van der Waals surface area contributed by atoms with E-state index in [4.69, 9.17) is 4.74 Å². The van der Waals surface area contributed by atoms with Gasteiger partial charge in [-0.1, -0.05) is 18.2 Å². The van der Waals surface area contributed by atoms with Crippen LogP contribution in [0, 0.1) is 5.92 Å². The zero-order valence-corrected chi connectivity index (χ0v) is 16.1. The van der Waals surface area contributed by atoms with Gasteiger partial charge in [-0.3, -0.25) is 0 Å². The number of aromatic carboxylic acids is 1. The molecule has 1 fully saturated rings. The second-order valence-corrected chi connectivity index (χ2v) is 9.06. The van der Waals surface area contributed by atoms with Gasteiger partial charge < -0.3 is 15.2 Å². The average molecular weight is 402 g/mol. The minimum absolute atomic E-state index is 0.0920. The van der Waals surface area contributed by atoms with Gasteiger partial charge in [0, 0.05) is 19.6 Å². The van der Waals surface area contributed by atoms with Crippen molar-refractivity contribution in [2.24, 2.45) is 5.92 Å². The normalized spacial score (nSPS) is 19.5. The quantitative estimate of drug-likeness (QED) is 0.798. The molecular weight excluding hydrogens is 380 g/mol. The Morgan fingerprint density at radius 1 is 1.25 bits per heavy atom. The molecule has 2 aliphatic heterocycles. The lowest BCUT2D eigenvalue weighted by Crippen LogP contribution is -2.29. The number of carboxylic acid groups (broad SMARTS) is 1. The van der Waals surface area contributed by atoms with Crippen molar-refractivity contribution in [2.75, 3.05) is 31.6 Å². The van der Waals surface area contributed by atoms with Crippen molar-refractivity contribution >= 4 is 21.7 Å². The zero-order valence-electron chi connectivity index (χ0n) is 15.3. The second kappa shape index (κ2) is 7.44. The third-order valence-corrected chi connectivity index (χ3v) is 7.13. The standard InChI is InChI=1S/C20H22N2O5S/c23-20(24)17-4-2-1-3-15(17)11-14-7-9-22(13-14)28(25,26)16-5-6-19-18(12-16)21-8-10-27-19/h1-6,12,14,21H,7-11,13H2,(H,23,24). The average Bonchev–Trinajstić information content (AvgIpc) is 3.17. The van der Waals surface area contributed by atoms with Crippen LogP contribution in [-0.4, -0.2) is 50.0 Å². The first-order valence-corrected chi connectivity index (χ1v) is 10.7. The summed E-state index contributed by atoms with van der Waals surface area (Å²) < 4.78 is 33.1. The van der Waals surface area contributed by atoms with Crippen LogP contribution in [-0.2, 0) is 16.4 Å². The molecule has 0 spiro atoms. The number of carbonyl (C=O) groups is 1. The van der Waals surface area contributed by atoms with E-state index in [2.05, 4.69) is 5.32 Å². The van der Waals surface area contributed by atoms with E-state index in [1.807, 2.05) is 6.07 Å². The van der Waals surface area contributed by atoms with Gasteiger partial charge >= 0.3 is 5.97 Å². The number of carboxylic acids is 1. The molecule has 2 heterocycles. The lowest BCUT2D eigenvalue weighted by atomic mass is 9.95.